The molecule has 6 nitrogen and oxygen atoms in total. The Morgan fingerprint density at radius 3 is 2.67 bits per heavy atom. The molecule has 3 aromatic rings. The van der Waals surface area contributed by atoms with Crippen LogP contribution in [0.15, 0.2) is 71.6 Å². The van der Waals surface area contributed by atoms with Gasteiger partial charge in [0, 0.05) is 22.3 Å². The molecule has 2 amide bonds. The van der Waals surface area contributed by atoms with Crippen LogP contribution in [0.25, 0.3) is 0 Å². The summed E-state index contributed by atoms with van der Waals surface area (Å²) in [7, 11) is 0. The molecule has 1 unspecified atom stereocenters. The van der Waals surface area contributed by atoms with Crippen LogP contribution in [-0.4, -0.2) is 25.2 Å². The van der Waals surface area contributed by atoms with Crippen LogP contribution in [0.2, 0.25) is 0 Å². The van der Waals surface area contributed by atoms with Crippen LogP contribution >= 0.6 is 11.8 Å². The molecule has 2 heterocycles. The van der Waals surface area contributed by atoms with Gasteiger partial charge in [0.1, 0.15) is 6.54 Å². The summed E-state index contributed by atoms with van der Waals surface area (Å²) in [6.45, 7) is 2.26. The zero-order valence-corrected chi connectivity index (χ0v) is 19.1. The Morgan fingerprint density at radius 1 is 1.06 bits per heavy atom. The Labute approximate surface area is 196 Å². The van der Waals surface area contributed by atoms with Gasteiger partial charge >= 0.3 is 0 Å². The first-order valence-corrected chi connectivity index (χ1v) is 11.8. The second kappa shape index (κ2) is 9.19. The fourth-order valence-corrected chi connectivity index (χ4v) is 5.29. The molecule has 2 aliphatic heterocycles. The van der Waals surface area contributed by atoms with Gasteiger partial charge in [0.25, 0.3) is 0 Å². The van der Waals surface area contributed by atoms with Gasteiger partial charge in [-0.05, 0) is 53.9 Å². The number of ether oxygens (including phenoxy) is 2. The molecule has 0 saturated carbocycles. The first-order chi connectivity index (χ1) is 16.1. The van der Waals surface area contributed by atoms with E-state index in [0.29, 0.717) is 5.75 Å². The maximum absolute atomic E-state index is 13.3. The van der Waals surface area contributed by atoms with Gasteiger partial charge in [-0.15, -0.1) is 11.8 Å². The number of rotatable bonds is 5. The quantitative estimate of drug-likeness (QED) is 0.568. The molecule has 5 rings (SSSR count). The second-order valence-electron chi connectivity index (χ2n) is 7.97. The van der Waals surface area contributed by atoms with Crippen molar-refractivity contribution in [1.82, 2.24) is 0 Å². The molecule has 0 saturated heterocycles. The minimum atomic E-state index is -0.228. The molecule has 33 heavy (non-hydrogen) atoms. The van der Waals surface area contributed by atoms with E-state index in [1.165, 1.54) is 5.56 Å². The predicted octanol–water partition coefficient (Wildman–Crippen LogP) is 5.19. The lowest BCUT2D eigenvalue weighted by atomic mass is 10.1. The molecule has 0 spiro atoms. The third-order valence-electron chi connectivity index (χ3n) is 5.80. The molecule has 0 aromatic heterocycles. The largest absolute Gasteiger partial charge is 0.454 e. The standard InChI is InChI=1S/C26H24N2O4S/c1-2-17-7-10-19(11-8-17)27-25(29)15-28-20-5-3-4-6-23(20)33-24(14-26(28)30)18-9-12-21-22(13-18)32-16-31-21/h3-13,24H,2,14-16H2,1H3,(H,27,29). The number of anilines is 2. The van der Waals surface area contributed by atoms with Crippen LogP contribution in [0.4, 0.5) is 11.4 Å². The fourth-order valence-electron chi connectivity index (χ4n) is 4.02. The number of carbonyl (C=O) groups is 2. The average molecular weight is 461 g/mol. The summed E-state index contributed by atoms with van der Waals surface area (Å²) in [6.07, 6.45) is 1.22. The van der Waals surface area contributed by atoms with Crippen LogP contribution in [0.3, 0.4) is 0 Å². The number of carbonyl (C=O) groups excluding carboxylic acids is 2. The lowest BCUT2D eigenvalue weighted by molar-refractivity contribution is -0.121. The summed E-state index contributed by atoms with van der Waals surface area (Å²) in [5.74, 6) is 1.10. The summed E-state index contributed by atoms with van der Waals surface area (Å²) in [4.78, 5) is 28.7. The van der Waals surface area contributed by atoms with Crippen molar-refractivity contribution >= 4 is 35.0 Å². The number of hydrogen-bond donors (Lipinski definition) is 1. The van der Waals surface area contributed by atoms with E-state index < -0.39 is 0 Å². The molecule has 2 aliphatic rings. The molecule has 3 aromatic carbocycles. The Kier molecular flexibility index (Phi) is 5.96. The summed E-state index contributed by atoms with van der Waals surface area (Å²) in [5.41, 5.74) is 3.68. The van der Waals surface area contributed by atoms with E-state index in [1.54, 1.807) is 16.7 Å². The Bertz CT molecular complexity index is 1200. The van der Waals surface area contributed by atoms with Crippen molar-refractivity contribution in [2.75, 3.05) is 23.6 Å². The molecule has 0 aliphatic carbocycles. The smallest absolute Gasteiger partial charge is 0.244 e. The number of thioether (sulfide) groups is 1. The van der Waals surface area contributed by atoms with Gasteiger partial charge in [-0.1, -0.05) is 37.3 Å². The van der Waals surface area contributed by atoms with Gasteiger partial charge in [-0.2, -0.15) is 0 Å². The van der Waals surface area contributed by atoms with Crippen molar-refractivity contribution in [3.63, 3.8) is 0 Å². The van der Waals surface area contributed by atoms with Gasteiger partial charge in [0.05, 0.1) is 5.69 Å². The van der Waals surface area contributed by atoms with E-state index >= 15 is 0 Å². The van der Waals surface area contributed by atoms with E-state index in [2.05, 4.69) is 12.2 Å². The number of amides is 2. The van der Waals surface area contributed by atoms with Crippen LogP contribution in [0, 0.1) is 0 Å². The molecule has 1 atom stereocenters. The molecular weight excluding hydrogens is 436 g/mol. The van der Waals surface area contributed by atoms with E-state index in [-0.39, 0.29) is 36.8 Å². The zero-order chi connectivity index (χ0) is 22.8. The van der Waals surface area contributed by atoms with Crippen molar-refractivity contribution in [2.45, 2.75) is 29.9 Å². The molecule has 7 heteroatoms. The Hall–Kier alpha value is -3.45. The van der Waals surface area contributed by atoms with Crippen molar-refractivity contribution < 1.29 is 19.1 Å². The van der Waals surface area contributed by atoms with Crippen molar-refractivity contribution in [3.8, 4) is 11.5 Å². The number of hydrogen-bond acceptors (Lipinski definition) is 5. The first-order valence-electron chi connectivity index (χ1n) is 10.9. The topological polar surface area (TPSA) is 67.9 Å². The number of benzene rings is 3. The van der Waals surface area contributed by atoms with Gasteiger partial charge in [0.15, 0.2) is 11.5 Å². The molecular formula is C26H24N2O4S. The number of para-hydroxylation sites is 1. The maximum atomic E-state index is 13.3. The SMILES string of the molecule is CCc1ccc(NC(=O)CN2C(=O)CC(c3ccc4c(c3)OCO4)Sc3ccccc32)cc1. The first kappa shape index (κ1) is 21.4. The van der Waals surface area contributed by atoms with Gasteiger partial charge in [-0.3, -0.25) is 9.59 Å². The second-order valence-corrected chi connectivity index (χ2v) is 9.21. The number of nitrogens with one attached hydrogen (secondary N) is 1. The third kappa shape index (κ3) is 4.54. The van der Waals surface area contributed by atoms with Crippen molar-refractivity contribution in [2.24, 2.45) is 0 Å². The highest BCUT2D eigenvalue weighted by Gasteiger charge is 2.31. The highest BCUT2D eigenvalue weighted by Crippen LogP contribution is 2.47. The summed E-state index contributed by atoms with van der Waals surface area (Å²) < 4.78 is 10.9. The van der Waals surface area contributed by atoms with E-state index in [4.69, 9.17) is 9.47 Å². The summed E-state index contributed by atoms with van der Waals surface area (Å²) >= 11 is 1.63. The van der Waals surface area contributed by atoms with E-state index in [1.807, 2.05) is 66.7 Å². The van der Waals surface area contributed by atoms with E-state index in [9.17, 15) is 9.59 Å². The van der Waals surface area contributed by atoms with Crippen LogP contribution in [0.1, 0.15) is 29.7 Å². The Morgan fingerprint density at radius 2 is 1.85 bits per heavy atom. The number of aryl methyl sites for hydroxylation is 1. The van der Waals surface area contributed by atoms with Gasteiger partial charge in [-0.25, -0.2) is 0 Å². The Balaban J connectivity index is 1.37. The summed E-state index contributed by atoms with van der Waals surface area (Å²) in [6, 6.07) is 21.3. The molecule has 1 N–H and O–H groups in total. The van der Waals surface area contributed by atoms with Crippen molar-refractivity contribution in [3.05, 3.63) is 77.9 Å². The minimum absolute atomic E-state index is 0.0419. The number of fused-ring (bicyclic) bond motifs is 2. The van der Waals surface area contributed by atoms with Crippen LogP contribution < -0.4 is 19.7 Å². The van der Waals surface area contributed by atoms with Gasteiger partial charge < -0.3 is 19.7 Å². The third-order valence-corrected chi connectivity index (χ3v) is 7.12. The molecule has 168 valence electrons. The van der Waals surface area contributed by atoms with Gasteiger partial charge in [0.2, 0.25) is 18.6 Å². The van der Waals surface area contributed by atoms with Crippen LogP contribution in [0.5, 0.6) is 11.5 Å². The normalized spacial score (nSPS) is 16.8. The zero-order valence-electron chi connectivity index (χ0n) is 18.2. The minimum Gasteiger partial charge on any atom is -0.454 e. The lowest BCUT2D eigenvalue weighted by Crippen LogP contribution is -2.38. The number of nitrogens with zero attached hydrogens (tertiary/aromatic N) is 1. The lowest BCUT2D eigenvalue weighted by Gasteiger charge is -2.22. The van der Waals surface area contributed by atoms with Crippen molar-refractivity contribution in [1.29, 1.82) is 0 Å². The maximum Gasteiger partial charge on any atom is 0.244 e. The fraction of sp³-hybridized carbons (Fsp3) is 0.231. The predicted molar refractivity (Wildman–Crippen MR) is 129 cm³/mol. The van der Waals surface area contributed by atoms with E-state index in [0.717, 1.165) is 34.0 Å². The molecule has 0 fully saturated rings. The highest BCUT2D eigenvalue weighted by molar-refractivity contribution is 7.99. The average Bonchev–Trinajstić information content (AvgIpc) is 3.26. The molecule has 0 radical (unpaired) electrons. The monoisotopic (exact) mass is 460 g/mol. The van der Waals surface area contributed by atoms with Crippen LogP contribution in [-0.2, 0) is 16.0 Å². The highest BCUT2D eigenvalue weighted by atomic mass is 32.2. The molecule has 0 bridgehead atoms. The summed E-state index contributed by atoms with van der Waals surface area (Å²) in [5, 5.41) is 2.82.